The van der Waals surface area contributed by atoms with Crippen LogP contribution in [-0.4, -0.2) is 52.6 Å². The Labute approximate surface area is 208 Å². The van der Waals surface area contributed by atoms with Gasteiger partial charge in [0.15, 0.2) is 11.6 Å². The summed E-state index contributed by atoms with van der Waals surface area (Å²) in [5.41, 5.74) is 2.28. The fourth-order valence-corrected chi connectivity index (χ4v) is 4.74. The Hall–Kier alpha value is -3.69. The second kappa shape index (κ2) is 10.1. The molecule has 2 aromatic heterocycles. The molecule has 0 saturated heterocycles. The average Bonchev–Trinajstić information content (AvgIpc) is 3.59. The van der Waals surface area contributed by atoms with Crippen LogP contribution >= 0.6 is 0 Å². The number of benzene rings is 1. The van der Waals surface area contributed by atoms with Gasteiger partial charge < -0.3 is 25.1 Å². The van der Waals surface area contributed by atoms with Crippen molar-refractivity contribution >= 4 is 22.8 Å². The van der Waals surface area contributed by atoms with Crippen molar-refractivity contribution in [2.75, 3.05) is 13.7 Å². The van der Waals surface area contributed by atoms with Gasteiger partial charge in [-0.15, -0.1) is 0 Å². The summed E-state index contributed by atoms with van der Waals surface area (Å²) >= 11 is 0. The van der Waals surface area contributed by atoms with Crippen LogP contribution < -0.4 is 20.1 Å². The van der Waals surface area contributed by atoms with Gasteiger partial charge in [0.25, 0.3) is 5.91 Å². The molecule has 9 nitrogen and oxygen atoms in total. The van der Waals surface area contributed by atoms with E-state index in [-0.39, 0.29) is 29.6 Å². The van der Waals surface area contributed by atoms with Gasteiger partial charge in [0.05, 0.1) is 24.8 Å². The summed E-state index contributed by atoms with van der Waals surface area (Å²) < 4.78 is 25.9. The first-order chi connectivity index (χ1) is 17.4. The third-order valence-electron chi connectivity index (χ3n) is 6.86. The molecule has 0 radical (unpaired) electrons. The monoisotopic (exact) mass is 495 g/mol. The summed E-state index contributed by atoms with van der Waals surface area (Å²) in [7, 11) is 1.41. The predicted octanol–water partition coefficient (Wildman–Crippen LogP) is 3.74. The molecule has 0 unspecified atom stereocenters. The first-order valence-electron chi connectivity index (χ1n) is 12.3. The Balaban J connectivity index is 1.39. The van der Waals surface area contributed by atoms with Gasteiger partial charge in [0, 0.05) is 36.8 Å². The number of amides is 2. The molecule has 2 amide bonds. The SMILES string of the molecule is COc1cc(OCC2CC2)c(-c2ncnc3c(C(=O)N[C@H]4CC[C@H](NC(C)=O)CC4)c[nH]c23)cc1F. The Bertz CT molecular complexity index is 1280. The van der Waals surface area contributed by atoms with E-state index in [2.05, 4.69) is 25.6 Å². The highest BCUT2D eigenvalue weighted by Gasteiger charge is 2.27. The molecule has 3 N–H and O–H groups in total. The zero-order valence-electron chi connectivity index (χ0n) is 20.4. The Morgan fingerprint density at radius 2 is 1.78 bits per heavy atom. The normalized spacial score (nSPS) is 19.6. The van der Waals surface area contributed by atoms with Crippen molar-refractivity contribution in [1.29, 1.82) is 0 Å². The van der Waals surface area contributed by atoms with E-state index in [9.17, 15) is 14.0 Å². The smallest absolute Gasteiger partial charge is 0.255 e. The van der Waals surface area contributed by atoms with Crippen molar-refractivity contribution in [3.63, 3.8) is 0 Å². The highest BCUT2D eigenvalue weighted by Crippen LogP contribution is 2.39. The Kier molecular flexibility index (Phi) is 6.75. The number of hydrogen-bond donors (Lipinski definition) is 3. The van der Waals surface area contributed by atoms with Crippen LogP contribution in [-0.2, 0) is 4.79 Å². The molecule has 36 heavy (non-hydrogen) atoms. The van der Waals surface area contributed by atoms with E-state index in [1.807, 2.05) is 0 Å². The molecule has 1 aromatic carbocycles. The summed E-state index contributed by atoms with van der Waals surface area (Å²) in [5, 5.41) is 6.03. The minimum Gasteiger partial charge on any atom is -0.494 e. The van der Waals surface area contributed by atoms with Gasteiger partial charge in [-0.05, 0) is 50.5 Å². The van der Waals surface area contributed by atoms with E-state index in [4.69, 9.17) is 9.47 Å². The van der Waals surface area contributed by atoms with Crippen LogP contribution in [0.3, 0.4) is 0 Å². The molecule has 190 valence electrons. The molecule has 5 rings (SSSR count). The first kappa shape index (κ1) is 24.0. The molecule has 0 spiro atoms. The molecule has 2 heterocycles. The van der Waals surface area contributed by atoms with Gasteiger partial charge in [0.2, 0.25) is 5.91 Å². The first-order valence-corrected chi connectivity index (χ1v) is 12.3. The number of ether oxygens (including phenoxy) is 2. The van der Waals surface area contributed by atoms with E-state index < -0.39 is 5.82 Å². The lowest BCUT2D eigenvalue weighted by molar-refractivity contribution is -0.119. The van der Waals surface area contributed by atoms with Gasteiger partial charge in [-0.1, -0.05) is 0 Å². The summed E-state index contributed by atoms with van der Waals surface area (Å²) in [6.45, 7) is 2.06. The van der Waals surface area contributed by atoms with E-state index in [0.717, 1.165) is 38.5 Å². The maximum Gasteiger partial charge on any atom is 0.255 e. The fourth-order valence-electron chi connectivity index (χ4n) is 4.74. The number of H-pyrrole nitrogens is 1. The van der Waals surface area contributed by atoms with E-state index in [1.165, 1.54) is 32.5 Å². The third-order valence-corrected chi connectivity index (χ3v) is 6.86. The maximum atomic E-state index is 14.7. The number of hydrogen-bond acceptors (Lipinski definition) is 6. The van der Waals surface area contributed by atoms with Crippen LogP contribution in [0.25, 0.3) is 22.3 Å². The molecule has 0 atom stereocenters. The average molecular weight is 496 g/mol. The minimum absolute atomic E-state index is 0.0203. The lowest BCUT2D eigenvalue weighted by atomic mass is 9.91. The van der Waals surface area contributed by atoms with Crippen molar-refractivity contribution < 1.29 is 23.5 Å². The lowest BCUT2D eigenvalue weighted by Gasteiger charge is -2.29. The number of rotatable bonds is 8. The van der Waals surface area contributed by atoms with Crippen molar-refractivity contribution in [2.45, 2.75) is 57.5 Å². The van der Waals surface area contributed by atoms with E-state index >= 15 is 0 Å². The summed E-state index contributed by atoms with van der Waals surface area (Å²) in [5.74, 6) is 0.270. The lowest BCUT2D eigenvalue weighted by Crippen LogP contribution is -2.43. The highest BCUT2D eigenvalue weighted by molar-refractivity contribution is 6.08. The number of methoxy groups -OCH3 is 1. The van der Waals surface area contributed by atoms with Gasteiger partial charge in [-0.25, -0.2) is 14.4 Å². The van der Waals surface area contributed by atoms with Crippen LogP contribution in [0.1, 0.15) is 55.8 Å². The Morgan fingerprint density at radius 3 is 2.44 bits per heavy atom. The summed E-state index contributed by atoms with van der Waals surface area (Å²) in [6, 6.07) is 3.05. The van der Waals surface area contributed by atoms with Gasteiger partial charge in [0.1, 0.15) is 23.3 Å². The molecule has 0 aliphatic heterocycles. The zero-order chi connectivity index (χ0) is 25.2. The third kappa shape index (κ3) is 5.12. The molecule has 0 bridgehead atoms. The van der Waals surface area contributed by atoms with Crippen LogP contribution in [0.5, 0.6) is 11.5 Å². The number of carbonyl (C=O) groups is 2. The molecule has 10 heteroatoms. The van der Waals surface area contributed by atoms with Crippen molar-refractivity contribution in [3.8, 4) is 22.8 Å². The molecule has 3 aromatic rings. The number of aromatic nitrogens is 3. The second-order valence-corrected chi connectivity index (χ2v) is 9.61. The van der Waals surface area contributed by atoms with Gasteiger partial charge in [-0.3, -0.25) is 9.59 Å². The van der Waals surface area contributed by atoms with Gasteiger partial charge >= 0.3 is 0 Å². The molecule has 2 fully saturated rings. The molecule has 2 aliphatic carbocycles. The predicted molar refractivity (Wildman–Crippen MR) is 131 cm³/mol. The standard InChI is InChI=1S/C26H30FN5O4/c1-14(33)31-16-5-7-17(8-6-16)32-26(34)19-11-28-25-23(29-13-30-24(19)25)18-9-20(27)22(35-2)10-21(18)36-12-15-3-4-15/h9-11,13,15-17,28H,3-8,12H2,1-2H3,(H,31,33)(H,32,34)/t16-,17-. The largest absolute Gasteiger partial charge is 0.494 e. The minimum atomic E-state index is -0.530. The summed E-state index contributed by atoms with van der Waals surface area (Å²) in [4.78, 5) is 36.3. The molecular weight excluding hydrogens is 465 g/mol. The van der Waals surface area contributed by atoms with Crippen molar-refractivity contribution in [2.24, 2.45) is 5.92 Å². The number of fused-ring (bicyclic) bond motifs is 1. The maximum absolute atomic E-state index is 14.7. The molecular formula is C26H30FN5O4. The number of aromatic amines is 1. The number of halogens is 1. The topological polar surface area (TPSA) is 118 Å². The number of nitrogens with one attached hydrogen (secondary N) is 3. The number of nitrogens with zero attached hydrogens (tertiary/aromatic N) is 2. The van der Waals surface area contributed by atoms with Crippen LogP contribution in [0.15, 0.2) is 24.7 Å². The number of carbonyl (C=O) groups excluding carboxylic acids is 2. The molecule has 2 aliphatic rings. The summed E-state index contributed by atoms with van der Waals surface area (Å²) in [6.07, 6.45) is 8.41. The van der Waals surface area contributed by atoms with Crippen LogP contribution in [0.4, 0.5) is 4.39 Å². The van der Waals surface area contributed by atoms with Crippen molar-refractivity contribution in [1.82, 2.24) is 25.6 Å². The molecule has 2 saturated carbocycles. The van der Waals surface area contributed by atoms with E-state index in [0.29, 0.717) is 46.1 Å². The Morgan fingerprint density at radius 1 is 1.06 bits per heavy atom. The van der Waals surface area contributed by atoms with Gasteiger partial charge in [-0.2, -0.15) is 0 Å². The van der Waals surface area contributed by atoms with Crippen molar-refractivity contribution in [3.05, 3.63) is 36.0 Å². The van der Waals surface area contributed by atoms with E-state index in [1.54, 1.807) is 6.20 Å². The zero-order valence-corrected chi connectivity index (χ0v) is 20.4. The highest BCUT2D eigenvalue weighted by atomic mass is 19.1. The van der Waals surface area contributed by atoms with Crippen LogP contribution in [0.2, 0.25) is 0 Å². The van der Waals surface area contributed by atoms with Crippen LogP contribution in [0, 0.1) is 11.7 Å². The second-order valence-electron chi connectivity index (χ2n) is 9.61. The quantitative estimate of drug-likeness (QED) is 0.438. The fraction of sp³-hybridized carbons (Fsp3) is 0.462.